The summed E-state index contributed by atoms with van der Waals surface area (Å²) in [5.41, 5.74) is 0. The van der Waals surface area contributed by atoms with Crippen LogP contribution in [0.15, 0.2) is 40.2 Å². The number of guanidine groups is 1. The molecule has 0 aromatic heterocycles. The molecule has 160 valence electrons. The van der Waals surface area contributed by atoms with Crippen LogP contribution in [0, 0.1) is 5.92 Å². The summed E-state index contributed by atoms with van der Waals surface area (Å²) in [6.45, 7) is 7.65. The lowest BCUT2D eigenvalue weighted by atomic mass is 10.2. The summed E-state index contributed by atoms with van der Waals surface area (Å²) in [5, 5.41) is 3.37. The highest BCUT2D eigenvalue weighted by atomic mass is 127. The number of aliphatic imine (C=N–C) groups is 1. The van der Waals surface area contributed by atoms with E-state index in [1.165, 1.54) is 11.3 Å². The van der Waals surface area contributed by atoms with Gasteiger partial charge in [0.1, 0.15) is 0 Å². The summed E-state index contributed by atoms with van der Waals surface area (Å²) in [7, 11) is -3.11. The zero-order chi connectivity index (χ0) is 19.5. The minimum atomic E-state index is -3.11. The van der Waals surface area contributed by atoms with E-state index in [0.717, 1.165) is 31.3 Å². The van der Waals surface area contributed by atoms with Gasteiger partial charge in [-0.2, -0.15) is 0 Å². The molecule has 0 saturated carbocycles. The highest BCUT2D eigenvalue weighted by Crippen LogP contribution is 2.25. The van der Waals surface area contributed by atoms with Crippen LogP contribution >= 0.6 is 35.7 Å². The van der Waals surface area contributed by atoms with Gasteiger partial charge in [-0.3, -0.25) is 4.99 Å². The van der Waals surface area contributed by atoms with Gasteiger partial charge in [0.05, 0.1) is 5.75 Å². The van der Waals surface area contributed by atoms with E-state index in [9.17, 15) is 8.42 Å². The van der Waals surface area contributed by atoms with Crippen molar-refractivity contribution in [3.63, 3.8) is 0 Å². The molecule has 1 aromatic rings. The molecule has 28 heavy (non-hydrogen) atoms. The molecular formula is C19H33IN4O2S2. The predicted octanol–water partition coefficient (Wildman–Crippen LogP) is 3.01. The minimum absolute atomic E-state index is 0. The Morgan fingerprint density at radius 2 is 2.04 bits per heavy atom. The van der Waals surface area contributed by atoms with E-state index in [1.54, 1.807) is 6.92 Å². The van der Waals surface area contributed by atoms with E-state index < -0.39 is 10.0 Å². The largest absolute Gasteiger partial charge is 0.357 e. The zero-order valence-corrected chi connectivity index (χ0v) is 20.7. The molecule has 2 rings (SSSR count). The summed E-state index contributed by atoms with van der Waals surface area (Å²) in [6.07, 6.45) is 1.88. The second-order valence-electron chi connectivity index (χ2n) is 6.61. The summed E-state index contributed by atoms with van der Waals surface area (Å²) in [6, 6.07) is 10.5. The summed E-state index contributed by atoms with van der Waals surface area (Å²) < 4.78 is 25.5. The third kappa shape index (κ3) is 9.32. The van der Waals surface area contributed by atoms with Crippen molar-refractivity contribution in [2.24, 2.45) is 10.9 Å². The quantitative estimate of drug-likeness (QED) is 0.157. The Balaban J connectivity index is 0.00000392. The first-order chi connectivity index (χ1) is 13.0. The molecule has 1 fully saturated rings. The number of rotatable bonds is 10. The van der Waals surface area contributed by atoms with E-state index in [1.807, 2.05) is 17.8 Å². The molecule has 0 amide bonds. The summed E-state index contributed by atoms with van der Waals surface area (Å²) in [5.74, 6) is 2.85. The monoisotopic (exact) mass is 540 g/mol. The maximum absolute atomic E-state index is 11.4. The van der Waals surface area contributed by atoms with Crippen LogP contribution in [-0.2, 0) is 10.0 Å². The number of sulfonamides is 1. The molecule has 1 atom stereocenters. The van der Waals surface area contributed by atoms with Gasteiger partial charge in [0.2, 0.25) is 10.0 Å². The first-order valence-corrected chi connectivity index (χ1v) is 12.4. The number of thioether (sulfide) groups is 1. The number of halogens is 1. The van der Waals surface area contributed by atoms with Gasteiger partial charge < -0.3 is 10.2 Å². The van der Waals surface area contributed by atoms with Crippen molar-refractivity contribution in [2.45, 2.75) is 31.6 Å². The van der Waals surface area contributed by atoms with E-state index in [0.29, 0.717) is 25.4 Å². The number of hydrogen-bond donors (Lipinski definition) is 2. The number of hydrogen-bond acceptors (Lipinski definition) is 4. The molecule has 6 nitrogen and oxygen atoms in total. The van der Waals surface area contributed by atoms with Gasteiger partial charge in [-0.1, -0.05) is 18.2 Å². The predicted molar refractivity (Wildman–Crippen MR) is 130 cm³/mol. The van der Waals surface area contributed by atoms with Gasteiger partial charge in [-0.05, 0) is 44.7 Å². The van der Waals surface area contributed by atoms with Crippen LogP contribution in [0.3, 0.4) is 0 Å². The Hall–Kier alpha value is -0.520. The third-order valence-electron chi connectivity index (χ3n) is 4.45. The topological polar surface area (TPSA) is 73.8 Å². The van der Waals surface area contributed by atoms with Gasteiger partial charge in [-0.25, -0.2) is 13.1 Å². The lowest BCUT2D eigenvalue weighted by Crippen LogP contribution is -2.40. The first kappa shape index (κ1) is 25.5. The Kier molecular flexibility index (Phi) is 12.4. The van der Waals surface area contributed by atoms with Crippen molar-refractivity contribution in [3.05, 3.63) is 30.3 Å². The molecule has 0 aliphatic carbocycles. The first-order valence-electron chi connectivity index (χ1n) is 9.72. The molecule has 0 radical (unpaired) electrons. The molecule has 1 unspecified atom stereocenters. The fraction of sp³-hybridized carbons (Fsp3) is 0.632. The van der Waals surface area contributed by atoms with Crippen LogP contribution in [-0.4, -0.2) is 63.5 Å². The fourth-order valence-electron chi connectivity index (χ4n) is 2.91. The van der Waals surface area contributed by atoms with E-state index in [4.69, 9.17) is 0 Å². The second-order valence-corrected chi connectivity index (χ2v) is 9.80. The second kappa shape index (κ2) is 13.7. The Morgan fingerprint density at radius 1 is 1.29 bits per heavy atom. The van der Waals surface area contributed by atoms with Crippen molar-refractivity contribution in [1.82, 2.24) is 14.9 Å². The number of benzene rings is 1. The zero-order valence-electron chi connectivity index (χ0n) is 16.8. The van der Waals surface area contributed by atoms with Crippen LogP contribution in [0.4, 0.5) is 0 Å². The SMILES string of the molecule is CCNC(=NCCCNS(=O)(=O)CC)N1CCC(CSc2ccccc2)C1.I. The molecule has 1 aliphatic rings. The average molecular weight is 541 g/mol. The van der Waals surface area contributed by atoms with Crippen LogP contribution in [0.2, 0.25) is 0 Å². The number of nitrogens with one attached hydrogen (secondary N) is 2. The van der Waals surface area contributed by atoms with E-state index >= 15 is 0 Å². The summed E-state index contributed by atoms with van der Waals surface area (Å²) >= 11 is 1.92. The maximum atomic E-state index is 11.4. The van der Waals surface area contributed by atoms with Crippen LogP contribution in [0.5, 0.6) is 0 Å². The Morgan fingerprint density at radius 3 is 2.71 bits per heavy atom. The van der Waals surface area contributed by atoms with Gasteiger partial charge in [-0.15, -0.1) is 35.7 Å². The Bertz CT molecular complexity index is 686. The summed E-state index contributed by atoms with van der Waals surface area (Å²) in [4.78, 5) is 8.34. The lowest BCUT2D eigenvalue weighted by Gasteiger charge is -2.21. The van der Waals surface area contributed by atoms with Crippen molar-refractivity contribution < 1.29 is 8.42 Å². The average Bonchev–Trinajstić information content (AvgIpc) is 3.15. The minimum Gasteiger partial charge on any atom is -0.357 e. The lowest BCUT2D eigenvalue weighted by molar-refractivity contribution is 0.474. The van der Waals surface area contributed by atoms with Gasteiger partial charge in [0.15, 0.2) is 5.96 Å². The van der Waals surface area contributed by atoms with Crippen molar-refractivity contribution in [3.8, 4) is 0 Å². The molecule has 9 heteroatoms. The van der Waals surface area contributed by atoms with E-state index in [-0.39, 0.29) is 29.7 Å². The third-order valence-corrected chi connectivity index (χ3v) is 7.10. The highest BCUT2D eigenvalue weighted by molar-refractivity contribution is 14.0. The van der Waals surface area contributed by atoms with Crippen LogP contribution in [0.1, 0.15) is 26.7 Å². The molecule has 1 aliphatic heterocycles. The fourth-order valence-corrected chi connectivity index (χ4v) is 4.62. The number of likely N-dealkylation sites (tertiary alicyclic amines) is 1. The van der Waals surface area contributed by atoms with Crippen LogP contribution in [0.25, 0.3) is 0 Å². The number of nitrogens with zero attached hydrogens (tertiary/aromatic N) is 2. The smallest absolute Gasteiger partial charge is 0.211 e. The Labute approximate surface area is 191 Å². The van der Waals surface area contributed by atoms with Gasteiger partial charge in [0.25, 0.3) is 0 Å². The standard InChI is InChI=1S/C19H32N4O2S2.HI/c1-3-20-19(21-12-8-13-22-27(24,25)4-2)23-14-11-17(15-23)16-26-18-9-6-5-7-10-18;/h5-7,9-10,17,22H,3-4,8,11-16H2,1-2H3,(H,20,21);1H. The van der Waals surface area contributed by atoms with Gasteiger partial charge >= 0.3 is 0 Å². The molecule has 1 aromatic carbocycles. The van der Waals surface area contributed by atoms with Crippen molar-refractivity contribution >= 4 is 51.7 Å². The molecule has 1 heterocycles. The molecule has 0 spiro atoms. The normalized spacial score (nSPS) is 17.4. The van der Waals surface area contributed by atoms with Crippen molar-refractivity contribution in [1.29, 1.82) is 0 Å². The van der Waals surface area contributed by atoms with Crippen molar-refractivity contribution in [2.75, 3.05) is 44.2 Å². The van der Waals surface area contributed by atoms with Gasteiger partial charge in [0, 0.05) is 43.4 Å². The highest BCUT2D eigenvalue weighted by Gasteiger charge is 2.24. The van der Waals surface area contributed by atoms with E-state index in [2.05, 4.69) is 51.1 Å². The molecule has 0 bridgehead atoms. The molecular weight excluding hydrogens is 507 g/mol. The molecule has 2 N–H and O–H groups in total. The molecule has 1 saturated heterocycles. The maximum Gasteiger partial charge on any atom is 0.211 e. The van der Waals surface area contributed by atoms with Crippen LogP contribution < -0.4 is 10.0 Å².